The molecule has 1 aromatic rings. The Balaban J connectivity index is 1.37. The minimum absolute atomic E-state index is 0.0417. The number of hydrogen-bond acceptors (Lipinski definition) is 3. The highest BCUT2D eigenvalue weighted by molar-refractivity contribution is 7.80. The third-order valence-electron chi connectivity index (χ3n) is 6.93. The Labute approximate surface area is 170 Å². The number of thiol groups is 1. The van der Waals surface area contributed by atoms with E-state index in [1.807, 2.05) is 24.3 Å². The predicted molar refractivity (Wildman–Crippen MR) is 114 cm³/mol. The molecule has 0 spiro atoms. The summed E-state index contributed by atoms with van der Waals surface area (Å²) in [7, 11) is 0. The van der Waals surface area contributed by atoms with Gasteiger partial charge in [0, 0.05) is 4.90 Å². The lowest BCUT2D eigenvalue weighted by molar-refractivity contribution is -0.140. The van der Waals surface area contributed by atoms with Gasteiger partial charge in [-0.15, -0.1) is 12.6 Å². The number of rotatable bonds is 7. The van der Waals surface area contributed by atoms with E-state index in [0.29, 0.717) is 5.75 Å². The quantitative estimate of drug-likeness (QED) is 0.234. The first-order valence-electron chi connectivity index (χ1n) is 11.2. The van der Waals surface area contributed by atoms with Crippen LogP contribution < -0.4 is 4.74 Å². The SMILES string of the molecule is CCCCCC1CCC(C2CCC(C(=O)Oc3ccc(S)cc3)CC2)CC1. The van der Waals surface area contributed by atoms with E-state index < -0.39 is 0 Å². The molecule has 1 aromatic carbocycles. The van der Waals surface area contributed by atoms with E-state index in [1.165, 1.54) is 64.2 Å². The summed E-state index contributed by atoms with van der Waals surface area (Å²) >= 11 is 4.27. The van der Waals surface area contributed by atoms with Crippen LogP contribution in [-0.4, -0.2) is 5.97 Å². The fraction of sp³-hybridized carbons (Fsp3) is 0.708. The molecule has 2 fully saturated rings. The molecule has 2 aliphatic carbocycles. The first-order valence-corrected chi connectivity index (χ1v) is 11.6. The van der Waals surface area contributed by atoms with Crippen molar-refractivity contribution in [2.75, 3.05) is 0 Å². The number of unbranched alkanes of at least 4 members (excludes halogenated alkanes) is 2. The van der Waals surface area contributed by atoms with Gasteiger partial charge < -0.3 is 4.74 Å². The Morgan fingerprint density at radius 3 is 2.11 bits per heavy atom. The third-order valence-corrected chi connectivity index (χ3v) is 7.23. The molecule has 3 rings (SSSR count). The first kappa shape index (κ1) is 20.8. The van der Waals surface area contributed by atoms with Gasteiger partial charge in [-0.2, -0.15) is 0 Å². The van der Waals surface area contributed by atoms with E-state index >= 15 is 0 Å². The van der Waals surface area contributed by atoms with E-state index in [9.17, 15) is 4.79 Å². The molecule has 2 saturated carbocycles. The van der Waals surface area contributed by atoms with Gasteiger partial charge in [0.2, 0.25) is 0 Å². The second-order valence-electron chi connectivity index (χ2n) is 8.80. The highest BCUT2D eigenvalue weighted by atomic mass is 32.1. The largest absolute Gasteiger partial charge is 0.426 e. The molecule has 150 valence electrons. The highest BCUT2D eigenvalue weighted by Gasteiger charge is 2.33. The summed E-state index contributed by atoms with van der Waals surface area (Å²) < 4.78 is 5.58. The minimum Gasteiger partial charge on any atom is -0.426 e. The Bertz CT molecular complexity index is 567. The van der Waals surface area contributed by atoms with Gasteiger partial charge in [0.15, 0.2) is 0 Å². The number of carbonyl (C=O) groups excluding carboxylic acids is 1. The lowest BCUT2D eigenvalue weighted by Gasteiger charge is -2.37. The zero-order valence-corrected chi connectivity index (χ0v) is 17.8. The van der Waals surface area contributed by atoms with Crippen LogP contribution in [0, 0.1) is 23.7 Å². The lowest BCUT2D eigenvalue weighted by Crippen LogP contribution is -2.30. The van der Waals surface area contributed by atoms with Crippen LogP contribution in [0.15, 0.2) is 29.2 Å². The van der Waals surface area contributed by atoms with Crippen molar-refractivity contribution in [3.05, 3.63) is 24.3 Å². The van der Waals surface area contributed by atoms with Crippen LogP contribution in [0.2, 0.25) is 0 Å². The average molecular weight is 389 g/mol. The zero-order valence-electron chi connectivity index (χ0n) is 16.9. The average Bonchev–Trinajstić information content (AvgIpc) is 2.70. The van der Waals surface area contributed by atoms with E-state index in [1.54, 1.807) is 0 Å². The second-order valence-corrected chi connectivity index (χ2v) is 9.32. The Hall–Kier alpha value is -0.960. The zero-order chi connectivity index (χ0) is 19.1. The Morgan fingerprint density at radius 1 is 0.926 bits per heavy atom. The molecular formula is C24H36O2S. The normalized spacial score (nSPS) is 28.7. The van der Waals surface area contributed by atoms with Gasteiger partial charge in [0.05, 0.1) is 5.92 Å². The summed E-state index contributed by atoms with van der Waals surface area (Å²) in [6.07, 6.45) is 15.8. The van der Waals surface area contributed by atoms with Crippen LogP contribution in [0.1, 0.15) is 84.0 Å². The number of esters is 1. The molecule has 0 heterocycles. The monoisotopic (exact) mass is 388 g/mol. The fourth-order valence-electron chi connectivity index (χ4n) is 5.17. The number of hydrogen-bond donors (Lipinski definition) is 1. The molecule has 0 saturated heterocycles. The summed E-state index contributed by atoms with van der Waals surface area (Å²) in [5.74, 6) is 3.42. The van der Waals surface area contributed by atoms with Crippen LogP contribution in [0.5, 0.6) is 5.75 Å². The number of carbonyl (C=O) groups is 1. The number of ether oxygens (including phenoxy) is 1. The van der Waals surface area contributed by atoms with Crippen molar-refractivity contribution in [1.29, 1.82) is 0 Å². The molecule has 2 aliphatic rings. The Kier molecular flexibility index (Phi) is 8.11. The highest BCUT2D eigenvalue weighted by Crippen LogP contribution is 2.42. The smallest absolute Gasteiger partial charge is 0.314 e. The molecular weight excluding hydrogens is 352 g/mol. The van der Waals surface area contributed by atoms with E-state index in [0.717, 1.165) is 35.5 Å². The van der Waals surface area contributed by atoms with Crippen LogP contribution in [0.25, 0.3) is 0 Å². The van der Waals surface area contributed by atoms with Crippen molar-refractivity contribution in [2.45, 2.75) is 88.9 Å². The number of benzene rings is 1. The summed E-state index contributed by atoms with van der Waals surface area (Å²) in [6.45, 7) is 2.29. The molecule has 27 heavy (non-hydrogen) atoms. The fourth-order valence-corrected chi connectivity index (χ4v) is 5.32. The molecule has 0 atom stereocenters. The molecule has 0 aromatic heterocycles. The lowest BCUT2D eigenvalue weighted by atomic mass is 9.68. The van der Waals surface area contributed by atoms with Gasteiger partial charge in [-0.3, -0.25) is 4.79 Å². The van der Waals surface area contributed by atoms with Crippen molar-refractivity contribution in [3.8, 4) is 5.75 Å². The molecule has 3 heteroatoms. The maximum Gasteiger partial charge on any atom is 0.314 e. The summed E-state index contributed by atoms with van der Waals surface area (Å²) in [4.78, 5) is 13.3. The molecule has 0 amide bonds. The van der Waals surface area contributed by atoms with Gasteiger partial charge in [-0.1, -0.05) is 45.4 Å². The predicted octanol–water partition coefficient (Wildman–Crippen LogP) is 7.07. The van der Waals surface area contributed by atoms with E-state index in [4.69, 9.17) is 4.74 Å². The van der Waals surface area contributed by atoms with Crippen molar-refractivity contribution in [2.24, 2.45) is 23.7 Å². The van der Waals surface area contributed by atoms with Crippen LogP contribution >= 0.6 is 12.6 Å². The third kappa shape index (κ3) is 6.27. The summed E-state index contributed by atoms with van der Waals surface area (Å²) in [5.41, 5.74) is 0. The maximum atomic E-state index is 12.5. The first-order chi connectivity index (χ1) is 13.2. The molecule has 0 aliphatic heterocycles. The van der Waals surface area contributed by atoms with E-state index in [-0.39, 0.29) is 11.9 Å². The van der Waals surface area contributed by atoms with Crippen molar-refractivity contribution < 1.29 is 9.53 Å². The van der Waals surface area contributed by atoms with Crippen LogP contribution in [0.3, 0.4) is 0 Å². The summed E-state index contributed by atoms with van der Waals surface area (Å²) in [6, 6.07) is 7.37. The molecule has 0 bridgehead atoms. The van der Waals surface area contributed by atoms with Gasteiger partial charge in [0.1, 0.15) is 5.75 Å². The van der Waals surface area contributed by atoms with Crippen molar-refractivity contribution >= 4 is 18.6 Å². The maximum absolute atomic E-state index is 12.5. The minimum atomic E-state index is -0.0417. The molecule has 0 N–H and O–H groups in total. The molecule has 2 nitrogen and oxygen atoms in total. The standard InChI is InChI=1S/C24H36O2S/c1-2-3-4-5-18-6-8-19(9-7-18)20-10-12-21(13-11-20)24(25)26-22-14-16-23(27)17-15-22/h14-21,27H,2-13H2,1H3. The van der Waals surface area contributed by atoms with Gasteiger partial charge in [-0.05, 0) is 80.5 Å². The molecule has 0 radical (unpaired) electrons. The van der Waals surface area contributed by atoms with Gasteiger partial charge in [0.25, 0.3) is 0 Å². The van der Waals surface area contributed by atoms with Gasteiger partial charge >= 0.3 is 5.97 Å². The Morgan fingerprint density at radius 2 is 1.52 bits per heavy atom. The van der Waals surface area contributed by atoms with Crippen LogP contribution in [-0.2, 0) is 4.79 Å². The molecule has 0 unspecified atom stereocenters. The topological polar surface area (TPSA) is 26.3 Å². The summed E-state index contributed by atoms with van der Waals surface area (Å²) in [5, 5.41) is 0. The second kappa shape index (κ2) is 10.5. The van der Waals surface area contributed by atoms with Crippen molar-refractivity contribution in [1.82, 2.24) is 0 Å². The van der Waals surface area contributed by atoms with Crippen LogP contribution in [0.4, 0.5) is 0 Å². The van der Waals surface area contributed by atoms with E-state index in [2.05, 4.69) is 19.6 Å². The van der Waals surface area contributed by atoms with Crippen molar-refractivity contribution in [3.63, 3.8) is 0 Å². The van der Waals surface area contributed by atoms with Gasteiger partial charge in [-0.25, -0.2) is 0 Å².